The summed E-state index contributed by atoms with van der Waals surface area (Å²) in [5.41, 5.74) is 0. The Hall–Kier alpha value is -5.23. The Bertz CT molecular complexity index is 1770. The van der Waals surface area contributed by atoms with Gasteiger partial charge in [-0.05, 0) is 154 Å². The minimum Gasteiger partial charge on any atom is -0.462 e. The van der Waals surface area contributed by atoms with Crippen LogP contribution in [0, 0.1) is 0 Å². The molecule has 0 saturated heterocycles. The lowest BCUT2D eigenvalue weighted by Crippen LogP contribution is -2.30. The zero-order valence-electron chi connectivity index (χ0n) is 48.4. The SMILES string of the molecule is CC/C=C\C/C=C\C/C=C\C/C=C\C/C=C\C/C=C\CCCCC(=O)OCC(COC(=O)CCCCCCC/C=C\C/C=C\CCCCCC)OC(=O)CCCC/C=C\C/C=C\C/C=C\C/C=C\C/C=C\C/C=C\CC. The van der Waals surface area contributed by atoms with E-state index in [0.29, 0.717) is 19.3 Å². The van der Waals surface area contributed by atoms with Gasteiger partial charge in [-0.15, -0.1) is 0 Å². The van der Waals surface area contributed by atoms with E-state index in [2.05, 4.69) is 191 Å². The maximum absolute atomic E-state index is 12.9. The minimum absolute atomic E-state index is 0.126. The van der Waals surface area contributed by atoms with Gasteiger partial charge in [-0.1, -0.05) is 229 Å². The predicted molar refractivity (Wildman–Crippen MR) is 329 cm³/mol. The lowest BCUT2D eigenvalue weighted by atomic mass is 10.1. The predicted octanol–water partition coefficient (Wildman–Crippen LogP) is 20.7. The number of hydrogen-bond acceptors (Lipinski definition) is 6. The number of rotatable bonds is 52. The molecule has 0 spiro atoms. The molecule has 0 radical (unpaired) electrons. The maximum atomic E-state index is 12.9. The number of carbonyl (C=O) groups excluding carboxylic acids is 3. The van der Waals surface area contributed by atoms with Crippen molar-refractivity contribution in [2.24, 2.45) is 0 Å². The molecule has 1 atom stereocenters. The van der Waals surface area contributed by atoms with E-state index in [0.717, 1.165) is 148 Å². The Morgan fingerprint density at radius 1 is 0.276 bits per heavy atom. The highest BCUT2D eigenvalue weighted by Crippen LogP contribution is 2.12. The number of ether oxygens (including phenoxy) is 3. The molecule has 0 bridgehead atoms. The fourth-order valence-corrected chi connectivity index (χ4v) is 7.48. The lowest BCUT2D eigenvalue weighted by Gasteiger charge is -2.18. The Morgan fingerprint density at radius 2 is 0.513 bits per heavy atom. The van der Waals surface area contributed by atoms with E-state index >= 15 is 0 Å². The van der Waals surface area contributed by atoms with Crippen molar-refractivity contribution in [2.45, 2.75) is 239 Å². The molecule has 0 aliphatic rings. The molecule has 0 aliphatic heterocycles. The van der Waals surface area contributed by atoms with Crippen molar-refractivity contribution in [3.05, 3.63) is 170 Å². The van der Waals surface area contributed by atoms with Crippen molar-refractivity contribution < 1.29 is 28.6 Å². The highest BCUT2D eigenvalue weighted by atomic mass is 16.6. The van der Waals surface area contributed by atoms with Gasteiger partial charge < -0.3 is 14.2 Å². The van der Waals surface area contributed by atoms with Crippen molar-refractivity contribution in [2.75, 3.05) is 13.2 Å². The van der Waals surface area contributed by atoms with Crippen molar-refractivity contribution in [3.63, 3.8) is 0 Å². The minimum atomic E-state index is -0.836. The van der Waals surface area contributed by atoms with Gasteiger partial charge in [-0.2, -0.15) is 0 Å². The highest BCUT2D eigenvalue weighted by Gasteiger charge is 2.19. The van der Waals surface area contributed by atoms with Crippen molar-refractivity contribution in [1.29, 1.82) is 0 Å². The second-order valence-electron chi connectivity index (χ2n) is 19.1. The van der Waals surface area contributed by atoms with Crippen LogP contribution in [0.3, 0.4) is 0 Å². The molecule has 0 saturated carbocycles. The van der Waals surface area contributed by atoms with Gasteiger partial charge in [-0.25, -0.2) is 0 Å². The summed E-state index contributed by atoms with van der Waals surface area (Å²) in [6.45, 7) is 6.29. The van der Waals surface area contributed by atoms with Crippen LogP contribution in [0.2, 0.25) is 0 Å². The molecule has 0 rings (SSSR count). The molecular formula is C70H108O6. The van der Waals surface area contributed by atoms with Crippen LogP contribution in [0.15, 0.2) is 170 Å². The largest absolute Gasteiger partial charge is 0.462 e. The van der Waals surface area contributed by atoms with Gasteiger partial charge in [0, 0.05) is 19.3 Å². The fourth-order valence-electron chi connectivity index (χ4n) is 7.48. The maximum Gasteiger partial charge on any atom is 0.306 e. The molecule has 0 aromatic carbocycles. The third-order valence-electron chi connectivity index (χ3n) is 11.9. The van der Waals surface area contributed by atoms with Crippen molar-refractivity contribution in [1.82, 2.24) is 0 Å². The molecule has 0 amide bonds. The van der Waals surface area contributed by atoms with Gasteiger partial charge in [0.15, 0.2) is 6.10 Å². The van der Waals surface area contributed by atoms with E-state index in [1.807, 2.05) is 0 Å². The molecule has 0 heterocycles. The fraction of sp³-hybridized carbons (Fsp3) is 0.557. The lowest BCUT2D eigenvalue weighted by molar-refractivity contribution is -0.167. The Labute approximate surface area is 466 Å². The van der Waals surface area contributed by atoms with Crippen LogP contribution >= 0.6 is 0 Å². The second-order valence-corrected chi connectivity index (χ2v) is 19.1. The van der Waals surface area contributed by atoms with Crippen LogP contribution in [-0.2, 0) is 28.6 Å². The molecular weight excluding hydrogens is 937 g/mol. The molecule has 1 unspecified atom stereocenters. The summed E-state index contributed by atoms with van der Waals surface area (Å²) in [7, 11) is 0. The van der Waals surface area contributed by atoms with E-state index < -0.39 is 6.10 Å². The molecule has 6 nitrogen and oxygen atoms in total. The molecule has 0 N–H and O–H groups in total. The number of unbranched alkanes of at least 4 members (excludes halogenated alkanes) is 13. The van der Waals surface area contributed by atoms with Gasteiger partial charge in [0.25, 0.3) is 0 Å². The normalized spacial score (nSPS) is 13.4. The van der Waals surface area contributed by atoms with E-state index in [4.69, 9.17) is 14.2 Å². The number of hydrogen-bond donors (Lipinski definition) is 0. The van der Waals surface area contributed by atoms with Crippen LogP contribution in [0.4, 0.5) is 0 Å². The van der Waals surface area contributed by atoms with Gasteiger partial charge >= 0.3 is 17.9 Å². The molecule has 6 heteroatoms. The van der Waals surface area contributed by atoms with Gasteiger partial charge in [0.1, 0.15) is 13.2 Å². The summed E-state index contributed by atoms with van der Waals surface area (Å²) < 4.78 is 16.8. The molecule has 0 fully saturated rings. The molecule has 0 aromatic heterocycles. The van der Waals surface area contributed by atoms with Crippen LogP contribution in [0.1, 0.15) is 233 Å². The van der Waals surface area contributed by atoms with Gasteiger partial charge in [0.05, 0.1) is 0 Å². The van der Waals surface area contributed by atoms with Gasteiger partial charge in [-0.3, -0.25) is 14.4 Å². The topological polar surface area (TPSA) is 78.9 Å². The molecule has 76 heavy (non-hydrogen) atoms. The molecule has 0 aliphatic carbocycles. The third kappa shape index (κ3) is 59.6. The Morgan fingerprint density at radius 3 is 0.829 bits per heavy atom. The zero-order valence-corrected chi connectivity index (χ0v) is 48.4. The van der Waals surface area contributed by atoms with Crippen LogP contribution < -0.4 is 0 Å². The van der Waals surface area contributed by atoms with E-state index in [9.17, 15) is 14.4 Å². The number of carbonyl (C=O) groups is 3. The monoisotopic (exact) mass is 1040 g/mol. The summed E-state index contributed by atoms with van der Waals surface area (Å²) in [4.78, 5) is 38.3. The zero-order chi connectivity index (χ0) is 55.0. The van der Waals surface area contributed by atoms with E-state index in [-0.39, 0.29) is 44.0 Å². The Kier molecular flexibility index (Phi) is 58.0. The summed E-state index contributed by atoms with van der Waals surface area (Å²) in [6.07, 6.45) is 92.0. The first-order valence-electron chi connectivity index (χ1n) is 30.1. The summed E-state index contributed by atoms with van der Waals surface area (Å²) in [5, 5.41) is 0. The van der Waals surface area contributed by atoms with Gasteiger partial charge in [0.2, 0.25) is 0 Å². The van der Waals surface area contributed by atoms with E-state index in [1.54, 1.807) is 0 Å². The van der Waals surface area contributed by atoms with Crippen LogP contribution in [0.25, 0.3) is 0 Å². The van der Waals surface area contributed by atoms with Crippen LogP contribution in [0.5, 0.6) is 0 Å². The first kappa shape index (κ1) is 70.8. The molecule has 424 valence electrons. The number of allylic oxidation sites excluding steroid dienone is 28. The smallest absolute Gasteiger partial charge is 0.306 e. The van der Waals surface area contributed by atoms with Crippen molar-refractivity contribution in [3.8, 4) is 0 Å². The van der Waals surface area contributed by atoms with E-state index in [1.165, 1.54) is 32.1 Å². The highest BCUT2D eigenvalue weighted by molar-refractivity contribution is 5.71. The number of esters is 3. The summed E-state index contributed by atoms with van der Waals surface area (Å²) in [6, 6.07) is 0. The first-order valence-corrected chi connectivity index (χ1v) is 30.1. The molecule has 0 aromatic rings. The van der Waals surface area contributed by atoms with Crippen LogP contribution in [-0.4, -0.2) is 37.2 Å². The first-order chi connectivity index (χ1) is 37.5. The Balaban J connectivity index is 4.61. The second kappa shape index (κ2) is 62.3. The average molecular weight is 1050 g/mol. The average Bonchev–Trinajstić information content (AvgIpc) is 3.42. The van der Waals surface area contributed by atoms with Crippen molar-refractivity contribution >= 4 is 17.9 Å². The quantitative estimate of drug-likeness (QED) is 0.0261. The summed E-state index contributed by atoms with van der Waals surface area (Å²) >= 11 is 0. The standard InChI is InChI=1S/C70H108O6/c1-4-7-10-13-16-19-22-25-28-31-33-35-37-39-42-45-48-51-54-57-60-63-69(72)75-66-67(65-74-68(71)62-59-56-53-50-47-44-41-30-27-24-21-18-15-12-9-6-3)76-70(73)64-61-58-55-52-49-46-43-40-38-36-34-32-29-26-23-20-17-14-11-8-5-2/h7-8,10-11,16-17,19-21,24-26,28-30,33-36,39-43,48-49,51-52,67H,4-6,9,12-15,18,22-23,27,31-32,37-38,44-47,50,53-66H2,1-3H3/b10-7-,11-8-,19-16-,20-17-,24-21-,28-25-,29-26-,35-33-,36-34-,41-30-,42-39-,43-40-,51-48-,52-49-. The summed E-state index contributed by atoms with van der Waals surface area (Å²) in [5.74, 6) is -1.04. The third-order valence-corrected chi connectivity index (χ3v) is 11.9.